The van der Waals surface area contributed by atoms with Crippen molar-refractivity contribution in [3.05, 3.63) is 42.0 Å². The largest absolute Gasteiger partial charge is 0.484 e. The minimum atomic E-state index is -0.00168. The van der Waals surface area contributed by atoms with E-state index in [9.17, 15) is 4.79 Å². The van der Waals surface area contributed by atoms with Crippen molar-refractivity contribution in [2.75, 3.05) is 37.7 Å². The number of amides is 1. The number of aryl methyl sites for hydroxylation is 3. The van der Waals surface area contributed by atoms with Crippen molar-refractivity contribution in [1.29, 1.82) is 0 Å². The highest BCUT2D eigenvalue weighted by atomic mass is 16.5. The Morgan fingerprint density at radius 2 is 1.94 bits per heavy atom. The summed E-state index contributed by atoms with van der Waals surface area (Å²) in [6.07, 6.45) is 7.79. The number of rotatable bonds is 4. The molecule has 33 heavy (non-hydrogen) atoms. The molecule has 0 atom stereocenters. The summed E-state index contributed by atoms with van der Waals surface area (Å²) in [6, 6.07) is 5.85. The predicted molar refractivity (Wildman–Crippen MR) is 123 cm³/mol. The first-order chi connectivity index (χ1) is 16.2. The highest BCUT2D eigenvalue weighted by molar-refractivity contribution is 5.87. The molecule has 0 N–H and O–H groups in total. The molecule has 1 aliphatic heterocycles. The molecule has 1 aliphatic carbocycles. The average molecular weight is 447 g/mol. The van der Waals surface area contributed by atoms with Gasteiger partial charge in [-0.1, -0.05) is 0 Å². The summed E-state index contributed by atoms with van der Waals surface area (Å²) in [6.45, 7) is 2.70. The van der Waals surface area contributed by atoms with Crippen molar-refractivity contribution in [1.82, 2.24) is 24.6 Å². The first-order valence-electron chi connectivity index (χ1n) is 11.5. The summed E-state index contributed by atoms with van der Waals surface area (Å²) in [7, 11) is 1.87. The van der Waals surface area contributed by atoms with Crippen LogP contribution in [0.25, 0.3) is 22.0 Å². The van der Waals surface area contributed by atoms with Crippen molar-refractivity contribution in [3.8, 4) is 5.75 Å². The lowest BCUT2D eigenvalue weighted by Crippen LogP contribution is -2.50. The van der Waals surface area contributed by atoms with Crippen LogP contribution >= 0.6 is 0 Å². The molecule has 4 heterocycles. The first-order valence-corrected chi connectivity index (χ1v) is 11.5. The standard InChI is InChI=1S/C24H26N6O3/c1-28-23-19(13-27-28)24(26-15-25-23)30-10-8-29(9-11-30)22(31)14-32-16-6-7-21-18(12-16)17-4-2-3-5-20(17)33-21/h6-7,12-13,15H,2-5,8-11,14H2,1H3. The highest BCUT2D eigenvalue weighted by Crippen LogP contribution is 2.34. The van der Waals surface area contributed by atoms with Gasteiger partial charge in [-0.05, 0) is 37.5 Å². The van der Waals surface area contributed by atoms with Gasteiger partial charge in [0.2, 0.25) is 0 Å². The van der Waals surface area contributed by atoms with Gasteiger partial charge in [-0.3, -0.25) is 9.48 Å². The maximum absolute atomic E-state index is 12.8. The summed E-state index contributed by atoms with van der Waals surface area (Å²) in [5.74, 6) is 2.68. The molecule has 0 saturated carbocycles. The van der Waals surface area contributed by atoms with E-state index in [2.05, 4.69) is 20.0 Å². The minimum Gasteiger partial charge on any atom is -0.484 e. The molecule has 0 unspecified atom stereocenters. The molecule has 1 amide bonds. The maximum Gasteiger partial charge on any atom is 0.260 e. The zero-order valence-corrected chi connectivity index (χ0v) is 18.7. The Bertz CT molecular complexity index is 1330. The zero-order valence-electron chi connectivity index (χ0n) is 18.7. The van der Waals surface area contributed by atoms with E-state index in [0.29, 0.717) is 31.9 Å². The monoisotopic (exact) mass is 446 g/mol. The van der Waals surface area contributed by atoms with Gasteiger partial charge in [0.15, 0.2) is 12.3 Å². The van der Waals surface area contributed by atoms with Crippen LogP contribution in [0.1, 0.15) is 24.2 Å². The fraction of sp³-hybridized carbons (Fsp3) is 0.417. The second-order valence-corrected chi connectivity index (χ2v) is 8.73. The second-order valence-electron chi connectivity index (χ2n) is 8.73. The number of carbonyl (C=O) groups is 1. The van der Waals surface area contributed by atoms with Crippen LogP contribution < -0.4 is 9.64 Å². The Labute approximate surface area is 190 Å². The van der Waals surface area contributed by atoms with Crippen LogP contribution in [-0.4, -0.2) is 63.3 Å². The second kappa shape index (κ2) is 8.06. The van der Waals surface area contributed by atoms with Gasteiger partial charge in [-0.25, -0.2) is 9.97 Å². The quantitative estimate of drug-likeness (QED) is 0.476. The van der Waals surface area contributed by atoms with Crippen molar-refractivity contribution in [2.24, 2.45) is 7.05 Å². The molecule has 9 heteroatoms. The van der Waals surface area contributed by atoms with Crippen molar-refractivity contribution in [2.45, 2.75) is 25.7 Å². The smallest absolute Gasteiger partial charge is 0.260 e. The van der Waals surface area contributed by atoms with Crippen LogP contribution in [0.2, 0.25) is 0 Å². The molecule has 4 aromatic rings. The van der Waals surface area contributed by atoms with Crippen LogP contribution in [0.5, 0.6) is 5.75 Å². The van der Waals surface area contributed by atoms with Gasteiger partial charge in [-0.15, -0.1) is 0 Å². The van der Waals surface area contributed by atoms with E-state index in [1.807, 2.05) is 30.1 Å². The third-order valence-electron chi connectivity index (χ3n) is 6.73. The number of fused-ring (bicyclic) bond motifs is 4. The predicted octanol–water partition coefficient (Wildman–Crippen LogP) is 2.72. The lowest BCUT2D eigenvalue weighted by Gasteiger charge is -2.35. The molecule has 6 rings (SSSR count). The van der Waals surface area contributed by atoms with Gasteiger partial charge in [0.05, 0.1) is 11.6 Å². The number of benzene rings is 1. The van der Waals surface area contributed by atoms with Crippen molar-refractivity contribution >= 4 is 33.7 Å². The maximum atomic E-state index is 12.8. The molecule has 3 aromatic heterocycles. The average Bonchev–Trinajstić information content (AvgIpc) is 3.43. The molecule has 1 saturated heterocycles. The van der Waals surface area contributed by atoms with Crippen LogP contribution in [-0.2, 0) is 24.7 Å². The molecule has 0 spiro atoms. The topological polar surface area (TPSA) is 89.5 Å². The molecule has 9 nitrogen and oxygen atoms in total. The number of furan rings is 1. The van der Waals surface area contributed by atoms with Crippen molar-refractivity contribution in [3.63, 3.8) is 0 Å². The number of hydrogen-bond acceptors (Lipinski definition) is 7. The summed E-state index contributed by atoms with van der Waals surface area (Å²) in [4.78, 5) is 25.6. The summed E-state index contributed by atoms with van der Waals surface area (Å²) in [5.41, 5.74) is 3.02. The van der Waals surface area contributed by atoms with E-state index < -0.39 is 0 Å². The van der Waals surface area contributed by atoms with E-state index >= 15 is 0 Å². The third-order valence-corrected chi connectivity index (χ3v) is 6.73. The Morgan fingerprint density at radius 1 is 1.09 bits per heavy atom. The van der Waals surface area contributed by atoms with E-state index in [1.54, 1.807) is 17.2 Å². The normalized spacial score (nSPS) is 16.4. The molecule has 1 aromatic carbocycles. The van der Waals surface area contributed by atoms with Gasteiger partial charge >= 0.3 is 0 Å². The number of hydrogen-bond donors (Lipinski definition) is 0. The number of ether oxygens (including phenoxy) is 1. The fourth-order valence-corrected chi connectivity index (χ4v) is 4.94. The van der Waals surface area contributed by atoms with Gasteiger partial charge in [-0.2, -0.15) is 5.10 Å². The van der Waals surface area contributed by atoms with Crippen LogP contribution in [0, 0.1) is 0 Å². The Kier molecular flexibility index (Phi) is 4.89. The van der Waals surface area contributed by atoms with E-state index in [-0.39, 0.29) is 12.5 Å². The third kappa shape index (κ3) is 3.57. The van der Waals surface area contributed by atoms with Gasteiger partial charge < -0.3 is 19.0 Å². The minimum absolute atomic E-state index is 0.00168. The summed E-state index contributed by atoms with van der Waals surface area (Å²) in [5, 5.41) is 6.34. The van der Waals surface area contributed by atoms with Crippen LogP contribution in [0.3, 0.4) is 0 Å². The molecular weight excluding hydrogens is 420 g/mol. The number of aromatic nitrogens is 4. The zero-order chi connectivity index (χ0) is 22.4. The highest BCUT2D eigenvalue weighted by Gasteiger charge is 2.24. The van der Waals surface area contributed by atoms with Crippen molar-refractivity contribution < 1.29 is 13.9 Å². The van der Waals surface area contributed by atoms with E-state index in [0.717, 1.165) is 46.4 Å². The molecule has 170 valence electrons. The van der Waals surface area contributed by atoms with E-state index in [4.69, 9.17) is 9.15 Å². The number of nitrogens with zero attached hydrogens (tertiary/aromatic N) is 6. The number of anilines is 1. The lowest BCUT2D eigenvalue weighted by atomic mass is 9.96. The van der Waals surface area contributed by atoms with Crippen LogP contribution in [0.15, 0.2) is 35.1 Å². The van der Waals surface area contributed by atoms with Gasteiger partial charge in [0, 0.05) is 50.6 Å². The molecule has 1 fully saturated rings. The van der Waals surface area contributed by atoms with Gasteiger partial charge in [0.1, 0.15) is 29.2 Å². The first kappa shape index (κ1) is 20.0. The van der Waals surface area contributed by atoms with Crippen LogP contribution in [0.4, 0.5) is 5.82 Å². The van der Waals surface area contributed by atoms with E-state index in [1.165, 1.54) is 18.4 Å². The number of carbonyl (C=O) groups excluding carboxylic acids is 1. The molecule has 0 bridgehead atoms. The molecular formula is C24H26N6O3. The Morgan fingerprint density at radius 3 is 2.82 bits per heavy atom. The molecule has 0 radical (unpaired) electrons. The Hall–Kier alpha value is -3.62. The lowest BCUT2D eigenvalue weighted by molar-refractivity contribution is -0.133. The SMILES string of the molecule is Cn1ncc2c(N3CCN(C(=O)COc4ccc5oc6c(c5c4)CCCC6)CC3)ncnc21. The van der Waals surface area contributed by atoms with Gasteiger partial charge in [0.25, 0.3) is 5.91 Å². The summed E-state index contributed by atoms with van der Waals surface area (Å²) >= 11 is 0. The molecule has 2 aliphatic rings. The fourth-order valence-electron chi connectivity index (χ4n) is 4.94. The number of piperazine rings is 1. The summed E-state index contributed by atoms with van der Waals surface area (Å²) < 4.78 is 13.6. The Balaban J connectivity index is 1.09.